The highest BCUT2D eigenvalue weighted by atomic mass is 32.2. The second-order valence-corrected chi connectivity index (χ2v) is 7.88. The van der Waals surface area contributed by atoms with Crippen molar-refractivity contribution in [2.45, 2.75) is 0 Å². The van der Waals surface area contributed by atoms with E-state index in [1.807, 2.05) is 0 Å². The number of hydrogen-bond donors (Lipinski definition) is 0. The molecule has 2 aromatic rings. The van der Waals surface area contributed by atoms with Crippen molar-refractivity contribution in [3.8, 4) is 0 Å². The third kappa shape index (κ3) is 4.91. The van der Waals surface area contributed by atoms with Gasteiger partial charge in [-0.15, -0.1) is 0 Å². The van der Waals surface area contributed by atoms with Crippen molar-refractivity contribution < 1.29 is 61.5 Å². The summed E-state index contributed by atoms with van der Waals surface area (Å²) < 4.78 is 170. The Hall–Kier alpha value is -3.23. The zero-order chi connectivity index (χ0) is 25.4. The predicted molar refractivity (Wildman–Crippen MR) is 89.4 cm³/mol. The molecular formula is C18H5F11O3S. The molecule has 15 heteroatoms. The maximum Gasteiger partial charge on any atom is 0.215 e. The van der Waals surface area contributed by atoms with Crippen LogP contribution in [0.2, 0.25) is 0 Å². The Kier molecular flexibility index (Phi) is 7.36. The fraction of sp³-hybridized carbons (Fsp3) is 0.0556. The largest absolute Gasteiger partial charge is 0.294 e. The second kappa shape index (κ2) is 9.33. The van der Waals surface area contributed by atoms with Gasteiger partial charge in [0, 0.05) is 0 Å². The Morgan fingerprint density at radius 1 is 0.606 bits per heavy atom. The molecule has 178 valence electrons. The van der Waals surface area contributed by atoms with Gasteiger partial charge >= 0.3 is 0 Å². The molecule has 0 spiro atoms. The lowest BCUT2D eigenvalue weighted by molar-refractivity contribution is -0.112. The van der Waals surface area contributed by atoms with Crippen molar-refractivity contribution in [1.29, 1.82) is 0 Å². The van der Waals surface area contributed by atoms with Gasteiger partial charge in [0.15, 0.2) is 52.3 Å². The van der Waals surface area contributed by atoms with Gasteiger partial charge in [-0.05, 0) is 18.2 Å². The number of halogens is 11. The maximum absolute atomic E-state index is 14.0. The molecule has 0 amide bonds. The Morgan fingerprint density at radius 3 is 1.33 bits per heavy atom. The molecule has 2 aromatic carbocycles. The van der Waals surface area contributed by atoms with Crippen molar-refractivity contribution in [2.24, 2.45) is 0 Å². The second-order valence-electron chi connectivity index (χ2n) is 5.97. The van der Waals surface area contributed by atoms with Crippen molar-refractivity contribution in [3.63, 3.8) is 0 Å². The summed E-state index contributed by atoms with van der Waals surface area (Å²) >= 11 is 0. The van der Waals surface area contributed by atoms with Gasteiger partial charge < -0.3 is 0 Å². The molecule has 0 saturated heterocycles. The van der Waals surface area contributed by atoms with Crippen molar-refractivity contribution in [3.05, 3.63) is 80.5 Å². The minimum Gasteiger partial charge on any atom is -0.294 e. The SMILES string of the molecule is O=C(C=Cc1c(F)c(F)c(F)c(F)c1F)CS(=O)(=O)C(F)=Cc1c(F)c(F)c(F)c(F)c1F. The summed E-state index contributed by atoms with van der Waals surface area (Å²) in [5, 5.41) is -2.54. The molecule has 0 radical (unpaired) electrons. The number of benzene rings is 2. The molecule has 0 unspecified atom stereocenters. The molecule has 0 bridgehead atoms. The summed E-state index contributed by atoms with van der Waals surface area (Å²) in [6.07, 6.45) is -0.631. The average Bonchev–Trinajstić information content (AvgIpc) is 2.75. The van der Waals surface area contributed by atoms with Crippen molar-refractivity contribution in [2.75, 3.05) is 5.75 Å². The van der Waals surface area contributed by atoms with Gasteiger partial charge in [-0.1, -0.05) is 0 Å². The van der Waals surface area contributed by atoms with Gasteiger partial charge in [0.25, 0.3) is 0 Å². The number of carbonyl (C=O) groups excluding carboxylic acids is 1. The number of ketones is 1. The highest BCUT2D eigenvalue weighted by molar-refractivity contribution is 7.95. The standard InChI is InChI=1S/C18H5F11O3S/c19-8(3-7-11(22)15(26)18(29)16(27)12(7)23)33(31,32)4-5(30)1-2-6-9(20)13(24)17(28)14(25)10(6)21/h1-3H,4H2. The molecule has 0 atom stereocenters. The monoisotopic (exact) mass is 510 g/mol. The molecule has 0 aliphatic carbocycles. The van der Waals surface area contributed by atoms with Gasteiger partial charge in [-0.25, -0.2) is 52.3 Å². The first-order chi connectivity index (χ1) is 15.1. The summed E-state index contributed by atoms with van der Waals surface area (Å²) in [5.74, 6) is -28.5. The van der Waals surface area contributed by atoms with E-state index < -0.39 is 102 Å². The summed E-state index contributed by atoms with van der Waals surface area (Å²) in [6, 6.07) is 0. The van der Waals surface area contributed by atoms with Crippen LogP contribution in [-0.4, -0.2) is 20.0 Å². The van der Waals surface area contributed by atoms with Crippen LogP contribution in [0, 0.1) is 58.2 Å². The quantitative estimate of drug-likeness (QED) is 0.237. The molecule has 3 nitrogen and oxygen atoms in total. The first kappa shape index (κ1) is 26.0. The lowest BCUT2D eigenvalue weighted by Crippen LogP contribution is -2.15. The molecule has 0 aromatic heterocycles. The van der Waals surface area contributed by atoms with Gasteiger partial charge in [0.1, 0.15) is 5.75 Å². The fourth-order valence-corrected chi connectivity index (χ4v) is 3.11. The van der Waals surface area contributed by atoms with E-state index in [1.165, 1.54) is 0 Å². The zero-order valence-electron chi connectivity index (χ0n) is 15.2. The van der Waals surface area contributed by atoms with E-state index in [0.29, 0.717) is 0 Å². The highest BCUT2D eigenvalue weighted by Crippen LogP contribution is 2.27. The van der Waals surface area contributed by atoms with Crippen LogP contribution in [0.25, 0.3) is 12.2 Å². The summed E-state index contributed by atoms with van der Waals surface area (Å²) in [4.78, 5) is 11.7. The lowest BCUT2D eigenvalue weighted by Gasteiger charge is -2.05. The predicted octanol–water partition coefficient (Wildman–Crippen LogP) is 5.04. The number of allylic oxidation sites excluding steroid dienone is 1. The van der Waals surface area contributed by atoms with E-state index in [1.54, 1.807) is 0 Å². The first-order valence-corrected chi connectivity index (χ1v) is 9.60. The third-order valence-corrected chi connectivity index (χ3v) is 5.19. The van der Waals surface area contributed by atoms with Crippen LogP contribution >= 0.6 is 0 Å². The molecular weight excluding hydrogens is 505 g/mol. The number of hydrogen-bond acceptors (Lipinski definition) is 3. The summed E-state index contributed by atoms with van der Waals surface area (Å²) in [5.41, 5.74) is -3.63. The van der Waals surface area contributed by atoms with Crippen LogP contribution in [0.3, 0.4) is 0 Å². The van der Waals surface area contributed by atoms with Gasteiger partial charge in [-0.3, -0.25) is 4.79 Å². The van der Waals surface area contributed by atoms with Crippen LogP contribution < -0.4 is 0 Å². The average molecular weight is 510 g/mol. The van der Waals surface area contributed by atoms with E-state index in [4.69, 9.17) is 0 Å². The van der Waals surface area contributed by atoms with E-state index >= 15 is 0 Å². The minimum atomic E-state index is -5.45. The molecule has 2 rings (SSSR count). The van der Waals surface area contributed by atoms with Crippen LogP contribution in [0.1, 0.15) is 11.1 Å². The third-order valence-electron chi connectivity index (χ3n) is 3.81. The van der Waals surface area contributed by atoms with Gasteiger partial charge in [0.2, 0.25) is 26.6 Å². The fourth-order valence-electron chi connectivity index (χ4n) is 2.20. The van der Waals surface area contributed by atoms with Gasteiger partial charge in [0.05, 0.1) is 11.1 Å². The van der Waals surface area contributed by atoms with Crippen LogP contribution in [0.4, 0.5) is 48.3 Å². The Labute approximate surface area is 176 Å². The Bertz CT molecular complexity index is 1270. The molecule has 33 heavy (non-hydrogen) atoms. The Morgan fingerprint density at radius 2 is 0.939 bits per heavy atom. The van der Waals surface area contributed by atoms with Crippen LogP contribution in [0.5, 0.6) is 0 Å². The number of carbonyl (C=O) groups is 1. The molecule has 0 aliphatic rings. The topological polar surface area (TPSA) is 51.2 Å². The number of sulfone groups is 1. The van der Waals surface area contributed by atoms with E-state index in [2.05, 4.69) is 0 Å². The first-order valence-electron chi connectivity index (χ1n) is 7.95. The molecule has 0 fully saturated rings. The van der Waals surface area contributed by atoms with E-state index in [-0.39, 0.29) is 12.2 Å². The summed E-state index contributed by atoms with van der Waals surface area (Å²) in [6.45, 7) is 0. The minimum absolute atomic E-state index is 0.0124. The zero-order valence-corrected chi connectivity index (χ0v) is 16.0. The van der Waals surface area contributed by atoms with Crippen LogP contribution in [0.15, 0.2) is 11.2 Å². The Balaban J connectivity index is 2.37. The van der Waals surface area contributed by atoms with Crippen molar-refractivity contribution in [1.82, 2.24) is 0 Å². The lowest BCUT2D eigenvalue weighted by atomic mass is 10.1. The highest BCUT2D eigenvalue weighted by Gasteiger charge is 2.28. The van der Waals surface area contributed by atoms with Gasteiger partial charge in [-0.2, -0.15) is 4.39 Å². The van der Waals surface area contributed by atoms with E-state index in [0.717, 1.165) is 0 Å². The molecule has 0 N–H and O–H groups in total. The van der Waals surface area contributed by atoms with Crippen molar-refractivity contribution >= 4 is 27.8 Å². The van der Waals surface area contributed by atoms with Crippen LogP contribution in [-0.2, 0) is 14.6 Å². The smallest absolute Gasteiger partial charge is 0.215 e. The molecule has 0 heterocycles. The van der Waals surface area contributed by atoms with E-state index in [9.17, 15) is 61.5 Å². The maximum atomic E-state index is 14.0. The number of rotatable bonds is 6. The molecule has 0 saturated carbocycles. The molecule has 0 aliphatic heterocycles. The normalized spacial score (nSPS) is 12.6. The summed E-state index contributed by atoms with van der Waals surface area (Å²) in [7, 11) is -5.45.